The smallest absolute Gasteiger partial charge is 0.312 e. The molecule has 5 aromatic rings. The van der Waals surface area contributed by atoms with Crippen molar-refractivity contribution in [1.82, 2.24) is 39.1 Å². The Bertz CT molecular complexity index is 1660. The van der Waals surface area contributed by atoms with Crippen molar-refractivity contribution in [3.8, 4) is 22.9 Å². The van der Waals surface area contributed by atoms with Crippen LogP contribution in [0.15, 0.2) is 48.0 Å². The second kappa shape index (κ2) is 7.55. The number of halogens is 3. The van der Waals surface area contributed by atoms with Gasteiger partial charge in [-0.3, -0.25) is 0 Å². The molecule has 0 aliphatic rings. The number of fused-ring (bicyclic) bond motifs is 2. The molecule has 0 amide bonds. The third-order valence-electron chi connectivity index (χ3n) is 5.26. The van der Waals surface area contributed by atoms with E-state index in [1.54, 1.807) is 38.5 Å². The van der Waals surface area contributed by atoms with Gasteiger partial charge in [0.2, 0.25) is 0 Å². The van der Waals surface area contributed by atoms with Crippen LogP contribution in [0.25, 0.3) is 39.7 Å². The Balaban J connectivity index is 1.85. The number of nitrogens with zero attached hydrogens (tertiary/aromatic N) is 8. The lowest BCUT2D eigenvalue weighted by Gasteiger charge is -2.06. The number of imidazole rings is 1. The number of hydrogen-bond acceptors (Lipinski definition) is 8. The molecule has 0 aromatic carbocycles. The summed E-state index contributed by atoms with van der Waals surface area (Å²) in [6.45, 7) is 1.59. The molecule has 0 aliphatic carbocycles. The molecule has 0 saturated carbocycles. The summed E-state index contributed by atoms with van der Waals surface area (Å²) in [5.74, 6) is 0.422. The molecule has 0 bridgehead atoms. The summed E-state index contributed by atoms with van der Waals surface area (Å²) in [6, 6.07) is 4.16. The molecule has 5 heterocycles. The van der Waals surface area contributed by atoms with Crippen LogP contribution < -0.4 is 0 Å². The van der Waals surface area contributed by atoms with Crippen LogP contribution in [0.5, 0.6) is 0 Å². The summed E-state index contributed by atoms with van der Waals surface area (Å²) in [5.41, 5.74) is 0.0540. The maximum Gasteiger partial charge on any atom is 0.417 e. The fraction of sp³-hybridized carbons (Fsp3) is 0.200. The van der Waals surface area contributed by atoms with Crippen LogP contribution in [0, 0.1) is 4.78 Å². The van der Waals surface area contributed by atoms with E-state index < -0.39 is 21.5 Å². The van der Waals surface area contributed by atoms with Crippen molar-refractivity contribution in [3.05, 3.63) is 48.5 Å². The van der Waals surface area contributed by atoms with Gasteiger partial charge in [0, 0.05) is 37.6 Å². The predicted octanol–water partition coefficient (Wildman–Crippen LogP) is 3.58. The Labute approximate surface area is 190 Å². The van der Waals surface area contributed by atoms with E-state index in [-0.39, 0.29) is 39.0 Å². The van der Waals surface area contributed by atoms with Gasteiger partial charge in [0.05, 0.1) is 20.9 Å². The van der Waals surface area contributed by atoms with Crippen LogP contribution in [0.3, 0.4) is 0 Å². The number of aryl methyl sites for hydroxylation is 1. The minimum absolute atomic E-state index is 0.00634. The molecule has 5 rings (SSSR count). The van der Waals surface area contributed by atoms with Gasteiger partial charge in [0.25, 0.3) is 0 Å². The zero-order valence-electron chi connectivity index (χ0n) is 17.8. The molecule has 0 spiro atoms. The number of hydrogen-bond donors (Lipinski definition) is 1. The zero-order valence-corrected chi connectivity index (χ0v) is 18.6. The molecule has 0 fully saturated rings. The fourth-order valence-electron chi connectivity index (χ4n) is 3.54. The number of rotatable bonds is 4. The molecule has 14 heteroatoms. The highest BCUT2D eigenvalue weighted by molar-refractivity contribution is 7.92. The summed E-state index contributed by atoms with van der Waals surface area (Å²) < 4.78 is 64.1. The lowest BCUT2D eigenvalue weighted by atomic mass is 10.2. The normalized spacial score (nSPS) is 14.0. The van der Waals surface area contributed by atoms with Crippen LogP contribution in [0.1, 0.15) is 12.5 Å². The van der Waals surface area contributed by atoms with Crippen molar-refractivity contribution < 1.29 is 17.4 Å². The maximum atomic E-state index is 13.2. The van der Waals surface area contributed by atoms with Crippen LogP contribution in [0.4, 0.5) is 13.2 Å². The van der Waals surface area contributed by atoms with Gasteiger partial charge in [0.15, 0.2) is 22.1 Å². The van der Waals surface area contributed by atoms with Gasteiger partial charge in [-0.1, -0.05) is 6.92 Å². The summed E-state index contributed by atoms with van der Waals surface area (Å²) in [5, 5.41) is 4.35. The van der Waals surface area contributed by atoms with Gasteiger partial charge >= 0.3 is 6.18 Å². The van der Waals surface area contributed by atoms with Crippen molar-refractivity contribution in [3.63, 3.8) is 0 Å². The lowest BCUT2D eigenvalue weighted by Crippen LogP contribution is -2.06. The second-order valence-corrected chi connectivity index (χ2v) is 9.66. The quantitative estimate of drug-likeness (QED) is 0.410. The van der Waals surface area contributed by atoms with E-state index in [4.69, 9.17) is 4.78 Å². The van der Waals surface area contributed by atoms with Crippen LogP contribution >= 0.6 is 0 Å². The third kappa shape index (κ3) is 3.37. The lowest BCUT2D eigenvalue weighted by molar-refractivity contribution is -0.137. The SMILES string of the molecule is CCS(=N)(=O)c1nn2c(-c3ncccn3)ccnc2c1-c1nc2cc(C(F)(F)F)cnc2n1C. The van der Waals surface area contributed by atoms with Crippen LogP contribution in [0.2, 0.25) is 0 Å². The van der Waals surface area contributed by atoms with Gasteiger partial charge in [-0.25, -0.2) is 38.4 Å². The highest BCUT2D eigenvalue weighted by Gasteiger charge is 2.33. The zero-order chi connectivity index (χ0) is 24.3. The predicted molar refractivity (Wildman–Crippen MR) is 116 cm³/mol. The molecule has 34 heavy (non-hydrogen) atoms. The molecule has 10 nitrogen and oxygen atoms in total. The summed E-state index contributed by atoms with van der Waals surface area (Å²) in [4.78, 5) is 21.1. The first-order chi connectivity index (χ1) is 16.1. The Morgan fingerprint density at radius 1 is 1.09 bits per heavy atom. The average Bonchev–Trinajstić information content (AvgIpc) is 3.37. The van der Waals surface area contributed by atoms with Crippen molar-refractivity contribution in [2.75, 3.05) is 5.75 Å². The Hall–Kier alpha value is -3.94. The molecular weight excluding hydrogens is 471 g/mol. The van der Waals surface area contributed by atoms with Gasteiger partial charge in [-0.05, 0) is 18.2 Å². The highest BCUT2D eigenvalue weighted by atomic mass is 32.2. The number of nitrogens with one attached hydrogen (secondary N) is 1. The van der Waals surface area contributed by atoms with E-state index in [1.807, 2.05) is 0 Å². The van der Waals surface area contributed by atoms with Crippen LogP contribution in [-0.2, 0) is 23.0 Å². The Morgan fingerprint density at radius 3 is 2.50 bits per heavy atom. The molecule has 1 N–H and O–H groups in total. The third-order valence-corrected chi connectivity index (χ3v) is 6.98. The van der Waals surface area contributed by atoms with E-state index in [9.17, 15) is 17.4 Å². The summed E-state index contributed by atoms with van der Waals surface area (Å²) in [7, 11) is -1.82. The van der Waals surface area contributed by atoms with E-state index in [2.05, 4.69) is 30.0 Å². The fourth-order valence-corrected chi connectivity index (χ4v) is 4.54. The van der Waals surface area contributed by atoms with E-state index in [0.717, 1.165) is 12.3 Å². The van der Waals surface area contributed by atoms with Gasteiger partial charge in [0.1, 0.15) is 17.0 Å². The molecule has 174 valence electrons. The van der Waals surface area contributed by atoms with Gasteiger partial charge < -0.3 is 4.57 Å². The minimum Gasteiger partial charge on any atom is -0.312 e. The molecule has 0 saturated heterocycles. The Kier molecular flexibility index (Phi) is 4.86. The first-order valence-electron chi connectivity index (χ1n) is 9.93. The van der Waals surface area contributed by atoms with Crippen molar-refractivity contribution in [2.45, 2.75) is 18.1 Å². The van der Waals surface area contributed by atoms with E-state index >= 15 is 0 Å². The average molecular weight is 487 g/mol. The summed E-state index contributed by atoms with van der Waals surface area (Å²) >= 11 is 0. The Morgan fingerprint density at radius 2 is 1.82 bits per heavy atom. The molecule has 0 aliphatic heterocycles. The van der Waals surface area contributed by atoms with Crippen LogP contribution in [-0.4, -0.2) is 49.1 Å². The topological polar surface area (TPSA) is 128 Å². The second-order valence-electron chi connectivity index (χ2n) is 7.34. The van der Waals surface area contributed by atoms with Crippen molar-refractivity contribution >= 4 is 26.5 Å². The number of alkyl halides is 3. The first-order valence-corrected chi connectivity index (χ1v) is 11.7. The molecule has 1 unspecified atom stereocenters. The standard InChI is InChI=1S/C20H16F3N9OS/c1-3-34(24,33)19-14(17-27-8-5-13(32(17)30-19)15-25-6-4-7-26-15)18-29-12-9-11(20(21,22)23)10-28-16(12)31(18)2/h4-10,24H,3H2,1-2H3. The first kappa shape index (κ1) is 21.9. The minimum atomic E-state index is -4.59. The van der Waals surface area contributed by atoms with Gasteiger partial charge in [-0.2, -0.15) is 18.3 Å². The molecule has 5 aromatic heterocycles. The molecule has 0 radical (unpaired) electrons. The largest absolute Gasteiger partial charge is 0.417 e. The van der Waals surface area contributed by atoms with Gasteiger partial charge in [-0.15, -0.1) is 0 Å². The van der Waals surface area contributed by atoms with E-state index in [0.29, 0.717) is 11.5 Å². The van der Waals surface area contributed by atoms with Crippen molar-refractivity contribution in [1.29, 1.82) is 4.78 Å². The maximum absolute atomic E-state index is 13.2. The molecular formula is C20H16F3N9OS. The molecule has 1 atom stereocenters. The summed E-state index contributed by atoms with van der Waals surface area (Å²) in [6.07, 6.45) is 0.728. The van der Waals surface area contributed by atoms with E-state index in [1.165, 1.54) is 15.3 Å². The highest BCUT2D eigenvalue weighted by Crippen LogP contribution is 2.35. The number of pyridine rings is 1. The van der Waals surface area contributed by atoms with Crippen molar-refractivity contribution in [2.24, 2.45) is 7.05 Å². The number of aromatic nitrogens is 8. The monoisotopic (exact) mass is 487 g/mol.